The number of nitrogens with zero attached hydrogens (tertiary/aromatic N) is 3. The normalized spacial score (nSPS) is 10.8. The molecule has 168 valence electrons. The number of benzene rings is 3. The van der Waals surface area contributed by atoms with Gasteiger partial charge in [0.2, 0.25) is 5.88 Å². The first-order valence-electron chi connectivity index (χ1n) is 10.6. The number of hydrogen-bond donors (Lipinski definition) is 1. The van der Waals surface area contributed by atoms with Crippen molar-refractivity contribution in [1.82, 2.24) is 14.5 Å². The van der Waals surface area contributed by atoms with Crippen molar-refractivity contribution >= 4 is 21.9 Å². The van der Waals surface area contributed by atoms with Crippen molar-refractivity contribution in [3.8, 4) is 34.5 Å². The third-order valence-electron chi connectivity index (χ3n) is 5.53. The second-order valence-corrected chi connectivity index (χ2v) is 7.60. The van der Waals surface area contributed by atoms with Crippen molar-refractivity contribution in [2.75, 3.05) is 0 Å². The average Bonchev–Trinajstić information content (AvgIpc) is 3.19. The molecule has 3 heterocycles. The zero-order valence-electron chi connectivity index (χ0n) is 17.8. The summed E-state index contributed by atoms with van der Waals surface area (Å²) in [5.41, 5.74) is 3.81. The minimum Gasteiger partial charge on any atom is -0.506 e. The van der Waals surface area contributed by atoms with Gasteiger partial charge in [0.05, 0.1) is 22.6 Å². The summed E-state index contributed by atoms with van der Waals surface area (Å²) in [6.45, 7) is 0. The molecule has 6 aromatic rings. The van der Waals surface area contributed by atoms with Crippen molar-refractivity contribution in [2.45, 2.75) is 0 Å². The number of aromatic hydroxyl groups is 1. The van der Waals surface area contributed by atoms with Crippen LogP contribution in [0.2, 0.25) is 0 Å². The van der Waals surface area contributed by atoms with Gasteiger partial charge in [-0.15, -0.1) is 12.1 Å². The maximum atomic E-state index is 10.6. The minimum absolute atomic E-state index is 0. The van der Waals surface area contributed by atoms with Gasteiger partial charge in [0, 0.05) is 43.7 Å². The summed E-state index contributed by atoms with van der Waals surface area (Å²) in [6.07, 6.45) is 0. The number of fused-ring (bicyclic) bond motifs is 3. The molecule has 0 aliphatic carbocycles. The summed E-state index contributed by atoms with van der Waals surface area (Å²) in [4.78, 5) is 9.63. The smallest absolute Gasteiger partial charge is 0.217 e. The fraction of sp³-hybridized carbons (Fsp3) is 0. The van der Waals surface area contributed by atoms with Gasteiger partial charge in [-0.25, -0.2) is 9.97 Å². The molecule has 0 atom stereocenters. The van der Waals surface area contributed by atoms with Gasteiger partial charge in [0.15, 0.2) is 0 Å². The van der Waals surface area contributed by atoms with E-state index in [-0.39, 0.29) is 26.8 Å². The van der Waals surface area contributed by atoms with E-state index in [1.165, 1.54) is 0 Å². The van der Waals surface area contributed by atoms with E-state index in [1.807, 2.05) is 83.4 Å². The predicted molar refractivity (Wildman–Crippen MR) is 129 cm³/mol. The Morgan fingerprint density at radius 3 is 2.35 bits per heavy atom. The van der Waals surface area contributed by atoms with Crippen LogP contribution >= 0.6 is 0 Å². The first kappa shape index (κ1) is 21.9. The largest absolute Gasteiger partial charge is 0.506 e. The molecule has 0 aliphatic heterocycles. The topological polar surface area (TPSA) is 60.2 Å². The second-order valence-electron chi connectivity index (χ2n) is 7.60. The van der Waals surface area contributed by atoms with Gasteiger partial charge in [-0.2, -0.15) is 18.2 Å². The Morgan fingerprint density at radius 1 is 0.706 bits per heavy atom. The molecule has 6 rings (SSSR count). The molecule has 0 fully saturated rings. The molecule has 3 aromatic carbocycles. The quantitative estimate of drug-likeness (QED) is 0.227. The van der Waals surface area contributed by atoms with Crippen LogP contribution < -0.4 is 4.74 Å². The summed E-state index contributed by atoms with van der Waals surface area (Å²) in [5, 5.41) is 12.7. The maximum absolute atomic E-state index is 10.6. The fourth-order valence-electron chi connectivity index (χ4n) is 4.05. The summed E-state index contributed by atoms with van der Waals surface area (Å²) < 4.78 is 7.84. The Hall–Kier alpha value is -3.95. The predicted octanol–water partition coefficient (Wildman–Crippen LogP) is 6.54. The molecule has 0 spiro atoms. The second kappa shape index (κ2) is 9.12. The Labute approximate surface area is 210 Å². The van der Waals surface area contributed by atoms with Crippen molar-refractivity contribution in [3.63, 3.8) is 0 Å². The van der Waals surface area contributed by atoms with E-state index in [9.17, 15) is 5.11 Å². The van der Waals surface area contributed by atoms with Gasteiger partial charge in [-0.05, 0) is 36.4 Å². The monoisotopic (exact) mass is 623 g/mol. The number of para-hydroxylation sites is 4. The molecule has 0 aliphatic rings. The third kappa shape index (κ3) is 3.85. The van der Waals surface area contributed by atoms with Crippen molar-refractivity contribution in [3.05, 3.63) is 109 Å². The molecular formula is C28H18N3O2Pt-. The van der Waals surface area contributed by atoms with Gasteiger partial charge in [0.1, 0.15) is 11.4 Å². The van der Waals surface area contributed by atoms with Crippen LogP contribution in [0, 0.1) is 6.07 Å². The van der Waals surface area contributed by atoms with Gasteiger partial charge in [-0.1, -0.05) is 36.4 Å². The van der Waals surface area contributed by atoms with Crippen LogP contribution in [0.1, 0.15) is 0 Å². The van der Waals surface area contributed by atoms with Crippen LogP contribution in [-0.4, -0.2) is 19.6 Å². The van der Waals surface area contributed by atoms with Gasteiger partial charge in [0.25, 0.3) is 0 Å². The SMILES string of the molecule is Oc1ccccc1-n1c2ccccc2c2ccc(-c3cccc(Oc4[c-]cccc4)n3)nc21.[Pt]. The number of ether oxygens (including phenoxy) is 1. The first-order chi connectivity index (χ1) is 16.3. The van der Waals surface area contributed by atoms with Crippen LogP contribution in [0.15, 0.2) is 103 Å². The Balaban J connectivity index is 0.00000241. The van der Waals surface area contributed by atoms with Crippen LogP contribution in [0.4, 0.5) is 0 Å². The summed E-state index contributed by atoms with van der Waals surface area (Å²) in [6, 6.07) is 35.5. The van der Waals surface area contributed by atoms with E-state index in [2.05, 4.69) is 23.2 Å². The summed E-state index contributed by atoms with van der Waals surface area (Å²) >= 11 is 0. The Kier molecular flexibility index (Phi) is 5.87. The number of phenols is 1. The summed E-state index contributed by atoms with van der Waals surface area (Å²) in [5.74, 6) is 1.27. The van der Waals surface area contributed by atoms with E-state index in [4.69, 9.17) is 9.72 Å². The molecule has 0 unspecified atom stereocenters. The van der Waals surface area contributed by atoms with Crippen molar-refractivity contribution < 1.29 is 30.9 Å². The molecule has 6 heteroatoms. The third-order valence-corrected chi connectivity index (χ3v) is 5.53. The van der Waals surface area contributed by atoms with Crippen LogP contribution in [0.25, 0.3) is 39.0 Å². The van der Waals surface area contributed by atoms with E-state index in [0.29, 0.717) is 28.7 Å². The molecule has 0 saturated carbocycles. The molecule has 1 N–H and O–H groups in total. The number of hydrogen-bond acceptors (Lipinski definition) is 4. The standard InChI is InChI=1S/C28H18N3O2.Pt/c32-26-15-7-6-14-25(26)31-24-13-5-4-11-20(24)21-17-18-23(30-28(21)31)22-12-8-16-27(29-22)33-19-9-2-1-3-10-19;/h1-9,11-18,32H;/q-1;. The molecule has 0 bridgehead atoms. The van der Waals surface area contributed by atoms with Crippen molar-refractivity contribution in [2.24, 2.45) is 0 Å². The average molecular weight is 624 g/mol. The summed E-state index contributed by atoms with van der Waals surface area (Å²) in [7, 11) is 0. The fourth-order valence-corrected chi connectivity index (χ4v) is 4.05. The minimum atomic E-state index is 0. The molecule has 0 radical (unpaired) electrons. The maximum Gasteiger partial charge on any atom is 0.217 e. The van der Waals surface area contributed by atoms with Gasteiger partial charge in [-0.3, -0.25) is 4.57 Å². The number of pyridine rings is 2. The van der Waals surface area contributed by atoms with E-state index in [1.54, 1.807) is 12.1 Å². The van der Waals surface area contributed by atoms with Crippen LogP contribution in [-0.2, 0) is 21.1 Å². The Bertz CT molecular complexity index is 1610. The van der Waals surface area contributed by atoms with Crippen molar-refractivity contribution in [1.29, 1.82) is 0 Å². The number of rotatable bonds is 4. The van der Waals surface area contributed by atoms with Gasteiger partial charge < -0.3 is 9.84 Å². The number of phenolic OH excluding ortho intramolecular Hbond substituents is 1. The van der Waals surface area contributed by atoms with E-state index >= 15 is 0 Å². The Morgan fingerprint density at radius 2 is 1.50 bits per heavy atom. The van der Waals surface area contributed by atoms with E-state index < -0.39 is 0 Å². The zero-order valence-corrected chi connectivity index (χ0v) is 20.1. The molecule has 3 aromatic heterocycles. The molecule has 0 amide bonds. The van der Waals surface area contributed by atoms with E-state index in [0.717, 1.165) is 21.9 Å². The van der Waals surface area contributed by atoms with Crippen LogP contribution in [0.3, 0.4) is 0 Å². The molecular weight excluding hydrogens is 605 g/mol. The molecule has 5 nitrogen and oxygen atoms in total. The first-order valence-corrected chi connectivity index (χ1v) is 10.6. The van der Waals surface area contributed by atoms with Gasteiger partial charge >= 0.3 is 0 Å². The molecule has 34 heavy (non-hydrogen) atoms. The zero-order chi connectivity index (χ0) is 22.2. The number of aromatic nitrogens is 3. The molecule has 0 saturated heterocycles. The van der Waals surface area contributed by atoms with Crippen LogP contribution in [0.5, 0.6) is 17.4 Å².